The highest BCUT2D eigenvalue weighted by Crippen LogP contribution is 2.20. The first-order valence-corrected chi connectivity index (χ1v) is 13.4. The summed E-state index contributed by atoms with van der Waals surface area (Å²) in [5.41, 5.74) is 5.62. The van der Waals surface area contributed by atoms with Gasteiger partial charge < -0.3 is 19.9 Å². The third-order valence-corrected chi connectivity index (χ3v) is 6.83. The molecule has 0 spiro atoms. The van der Waals surface area contributed by atoms with Gasteiger partial charge in [-0.25, -0.2) is 9.97 Å². The lowest BCUT2D eigenvalue weighted by Crippen LogP contribution is -2.38. The average molecular weight is 520 g/mol. The summed E-state index contributed by atoms with van der Waals surface area (Å²) in [7, 11) is 0. The predicted molar refractivity (Wildman–Crippen MR) is 147 cm³/mol. The van der Waals surface area contributed by atoms with Gasteiger partial charge in [0.2, 0.25) is 11.8 Å². The molecule has 3 aromatic rings. The molecular formula is C28H33N5O3S. The number of nitrogens with one attached hydrogen (secondary N) is 1. The number of aryl methyl sites for hydroxylation is 3. The highest BCUT2D eigenvalue weighted by molar-refractivity contribution is 7.99. The molecule has 1 aliphatic heterocycles. The van der Waals surface area contributed by atoms with E-state index < -0.39 is 0 Å². The number of aromatic nitrogens is 2. The van der Waals surface area contributed by atoms with Crippen LogP contribution in [0.5, 0.6) is 0 Å². The first-order chi connectivity index (χ1) is 17.9. The molecule has 0 atom stereocenters. The van der Waals surface area contributed by atoms with Crippen molar-refractivity contribution in [3.05, 3.63) is 77.1 Å². The van der Waals surface area contributed by atoms with E-state index in [0.717, 1.165) is 54.5 Å². The second-order valence-electron chi connectivity index (χ2n) is 9.15. The number of ether oxygens (including phenoxy) is 1. The van der Waals surface area contributed by atoms with E-state index in [9.17, 15) is 9.59 Å². The number of carbonyl (C=O) groups excluding carboxylic acids is 2. The smallest absolute Gasteiger partial charge is 0.244 e. The Morgan fingerprint density at radius 2 is 1.62 bits per heavy atom. The van der Waals surface area contributed by atoms with Crippen molar-refractivity contribution >= 4 is 35.0 Å². The van der Waals surface area contributed by atoms with Crippen LogP contribution < -0.4 is 10.2 Å². The van der Waals surface area contributed by atoms with Gasteiger partial charge in [0.25, 0.3) is 0 Å². The number of nitrogens with zero attached hydrogens (tertiary/aromatic N) is 4. The number of morpholine rings is 1. The van der Waals surface area contributed by atoms with Crippen molar-refractivity contribution in [3.63, 3.8) is 0 Å². The largest absolute Gasteiger partial charge is 0.378 e. The molecule has 1 saturated heterocycles. The topological polar surface area (TPSA) is 87.7 Å². The van der Waals surface area contributed by atoms with Gasteiger partial charge in [-0.3, -0.25) is 9.59 Å². The summed E-state index contributed by atoms with van der Waals surface area (Å²) in [4.78, 5) is 38.8. The molecule has 1 N–H and O–H groups in total. The summed E-state index contributed by atoms with van der Waals surface area (Å²) in [6, 6.07) is 17.7. The van der Waals surface area contributed by atoms with Crippen molar-refractivity contribution < 1.29 is 14.3 Å². The van der Waals surface area contributed by atoms with Crippen LogP contribution >= 0.6 is 11.8 Å². The van der Waals surface area contributed by atoms with E-state index in [1.165, 1.54) is 11.8 Å². The van der Waals surface area contributed by atoms with Gasteiger partial charge in [0.05, 0.1) is 19.0 Å². The van der Waals surface area contributed by atoms with E-state index in [4.69, 9.17) is 4.74 Å². The van der Waals surface area contributed by atoms with Gasteiger partial charge in [-0.2, -0.15) is 0 Å². The molecule has 0 saturated carbocycles. The molecule has 8 nitrogen and oxygen atoms in total. The Morgan fingerprint density at radius 1 is 0.973 bits per heavy atom. The summed E-state index contributed by atoms with van der Waals surface area (Å²) in [5.74, 6) is -0.241. The number of benzene rings is 2. The zero-order valence-corrected chi connectivity index (χ0v) is 22.4. The minimum Gasteiger partial charge on any atom is -0.378 e. The fourth-order valence-corrected chi connectivity index (χ4v) is 4.93. The van der Waals surface area contributed by atoms with Crippen molar-refractivity contribution in [2.75, 3.05) is 48.8 Å². The normalized spacial score (nSPS) is 13.3. The van der Waals surface area contributed by atoms with Crippen molar-refractivity contribution in [2.45, 2.75) is 32.5 Å². The molecule has 37 heavy (non-hydrogen) atoms. The van der Waals surface area contributed by atoms with E-state index in [0.29, 0.717) is 17.4 Å². The van der Waals surface area contributed by atoms with Gasteiger partial charge in [-0.1, -0.05) is 41.6 Å². The van der Waals surface area contributed by atoms with Crippen LogP contribution in [-0.2, 0) is 20.9 Å². The summed E-state index contributed by atoms with van der Waals surface area (Å²) >= 11 is 1.29. The Morgan fingerprint density at radius 3 is 2.27 bits per heavy atom. The molecule has 2 heterocycles. The van der Waals surface area contributed by atoms with Gasteiger partial charge >= 0.3 is 0 Å². The van der Waals surface area contributed by atoms with Crippen molar-refractivity contribution in [1.82, 2.24) is 14.9 Å². The predicted octanol–water partition coefficient (Wildman–Crippen LogP) is 4.00. The van der Waals surface area contributed by atoms with E-state index in [1.54, 1.807) is 4.90 Å². The molecule has 4 rings (SSSR count). The lowest BCUT2D eigenvalue weighted by Gasteiger charge is -2.29. The molecule has 194 valence electrons. The standard InChI is InChI=1S/C28H33N5O3S/c1-20-4-6-23(7-5-20)17-33(27(35)19-37-28-29-21(2)16-22(3)30-28)18-26(34)31-24-8-10-25(11-9-24)32-12-14-36-15-13-32/h4-11,16H,12-15,17-19H2,1-3H3,(H,31,34). The van der Waals surface area contributed by atoms with Crippen LogP contribution in [0.4, 0.5) is 11.4 Å². The fourth-order valence-electron chi connectivity index (χ4n) is 4.07. The summed E-state index contributed by atoms with van der Waals surface area (Å²) < 4.78 is 5.42. The summed E-state index contributed by atoms with van der Waals surface area (Å²) in [6.45, 7) is 9.27. The average Bonchev–Trinajstić information content (AvgIpc) is 2.88. The van der Waals surface area contributed by atoms with Crippen molar-refractivity contribution in [3.8, 4) is 0 Å². The fraction of sp³-hybridized carbons (Fsp3) is 0.357. The molecule has 1 fully saturated rings. The molecule has 0 unspecified atom stereocenters. The van der Waals surface area contributed by atoms with Crippen LogP contribution in [-0.4, -0.2) is 65.3 Å². The van der Waals surface area contributed by atoms with Crippen LogP contribution in [0.25, 0.3) is 0 Å². The Labute approximate surface area is 222 Å². The van der Waals surface area contributed by atoms with E-state index in [1.807, 2.05) is 75.4 Å². The van der Waals surface area contributed by atoms with E-state index in [2.05, 4.69) is 20.2 Å². The zero-order chi connectivity index (χ0) is 26.2. The lowest BCUT2D eigenvalue weighted by molar-refractivity contribution is -0.132. The molecule has 1 aliphatic rings. The third-order valence-electron chi connectivity index (χ3n) is 6.00. The molecule has 0 radical (unpaired) electrons. The molecular weight excluding hydrogens is 486 g/mol. The van der Waals surface area contributed by atoms with Crippen LogP contribution in [0, 0.1) is 20.8 Å². The highest BCUT2D eigenvalue weighted by Gasteiger charge is 2.19. The Balaban J connectivity index is 1.40. The van der Waals surface area contributed by atoms with Crippen LogP contribution in [0.2, 0.25) is 0 Å². The lowest BCUT2D eigenvalue weighted by atomic mass is 10.1. The van der Waals surface area contributed by atoms with Gasteiger partial charge in [-0.15, -0.1) is 0 Å². The molecule has 1 aromatic heterocycles. The van der Waals surface area contributed by atoms with Crippen molar-refractivity contribution in [2.24, 2.45) is 0 Å². The molecule has 0 bridgehead atoms. The quantitative estimate of drug-likeness (QED) is 0.338. The number of hydrogen-bond acceptors (Lipinski definition) is 7. The minimum atomic E-state index is -0.243. The molecule has 9 heteroatoms. The zero-order valence-electron chi connectivity index (χ0n) is 21.6. The number of anilines is 2. The highest BCUT2D eigenvalue weighted by atomic mass is 32.2. The monoisotopic (exact) mass is 519 g/mol. The van der Waals surface area contributed by atoms with Gasteiger partial charge in [0, 0.05) is 42.4 Å². The van der Waals surface area contributed by atoms with Gasteiger partial charge in [-0.05, 0) is 56.7 Å². The SMILES string of the molecule is Cc1ccc(CN(CC(=O)Nc2ccc(N3CCOCC3)cc2)C(=O)CSc2nc(C)cc(C)n2)cc1. The van der Waals surface area contributed by atoms with Crippen molar-refractivity contribution in [1.29, 1.82) is 0 Å². The Hall–Kier alpha value is -3.43. The number of amides is 2. The minimum absolute atomic E-state index is 0.0494. The van der Waals surface area contributed by atoms with Crippen LogP contribution in [0.1, 0.15) is 22.5 Å². The van der Waals surface area contributed by atoms with Crippen LogP contribution in [0.15, 0.2) is 59.8 Å². The maximum Gasteiger partial charge on any atom is 0.244 e. The number of hydrogen-bond donors (Lipinski definition) is 1. The summed E-state index contributed by atoms with van der Waals surface area (Å²) in [6.07, 6.45) is 0. The van der Waals surface area contributed by atoms with Gasteiger partial charge in [0.15, 0.2) is 5.16 Å². The number of carbonyl (C=O) groups is 2. The third kappa shape index (κ3) is 8.03. The van der Waals surface area contributed by atoms with Gasteiger partial charge in [0.1, 0.15) is 6.54 Å². The molecule has 2 amide bonds. The molecule has 2 aromatic carbocycles. The first kappa shape index (κ1) is 26.6. The first-order valence-electron chi connectivity index (χ1n) is 12.4. The summed E-state index contributed by atoms with van der Waals surface area (Å²) in [5, 5.41) is 3.49. The number of rotatable bonds is 9. The molecule has 0 aliphatic carbocycles. The Bertz CT molecular complexity index is 1190. The Kier molecular flexibility index (Phi) is 9.14. The van der Waals surface area contributed by atoms with Crippen LogP contribution in [0.3, 0.4) is 0 Å². The van der Waals surface area contributed by atoms with E-state index in [-0.39, 0.29) is 24.1 Å². The maximum absolute atomic E-state index is 13.2. The maximum atomic E-state index is 13.2. The van der Waals surface area contributed by atoms with E-state index >= 15 is 0 Å². The second kappa shape index (κ2) is 12.7. The number of thioether (sulfide) groups is 1. The second-order valence-corrected chi connectivity index (χ2v) is 10.1.